The summed E-state index contributed by atoms with van der Waals surface area (Å²) in [6.45, 7) is 1.43. The predicted octanol–water partition coefficient (Wildman–Crippen LogP) is 0.169. The number of amides is 2. The van der Waals surface area contributed by atoms with Crippen molar-refractivity contribution in [2.75, 3.05) is 19.7 Å². The summed E-state index contributed by atoms with van der Waals surface area (Å²) in [5.41, 5.74) is 0. The summed E-state index contributed by atoms with van der Waals surface area (Å²) < 4.78 is 7.13. The molecule has 0 spiro atoms. The Morgan fingerprint density at radius 3 is 2.86 bits per heavy atom. The van der Waals surface area contributed by atoms with Crippen molar-refractivity contribution in [3.8, 4) is 0 Å². The Labute approximate surface area is 129 Å². The van der Waals surface area contributed by atoms with Crippen LogP contribution in [0.5, 0.6) is 0 Å². The van der Waals surface area contributed by atoms with Crippen LogP contribution in [0.4, 0.5) is 0 Å². The molecule has 0 aromatic carbocycles. The first kappa shape index (κ1) is 15.0. The quantitative estimate of drug-likeness (QED) is 0.860. The average molecular weight is 306 g/mol. The summed E-state index contributed by atoms with van der Waals surface area (Å²) in [5, 5.41) is 7.07. The molecular weight excluding hydrogens is 284 g/mol. The molecule has 3 rings (SSSR count). The molecule has 1 aromatic heterocycles. The van der Waals surface area contributed by atoms with Gasteiger partial charge in [-0.1, -0.05) is 12.8 Å². The summed E-state index contributed by atoms with van der Waals surface area (Å²) in [5.74, 6) is -0.130. The van der Waals surface area contributed by atoms with E-state index in [2.05, 4.69) is 10.4 Å². The maximum atomic E-state index is 12.3. The van der Waals surface area contributed by atoms with Crippen molar-refractivity contribution in [2.24, 2.45) is 0 Å². The number of morpholine rings is 1. The summed E-state index contributed by atoms with van der Waals surface area (Å²) in [6.07, 6.45) is 7.26. The molecule has 0 bridgehead atoms. The SMILES string of the molecule is O=C(NC1CCCC1)[C@@H]1CN(C(=O)Cn2cccn2)CCO1. The standard InChI is InChI=1S/C15H22N4O3/c20-14(11-19-7-3-6-16-19)18-8-9-22-13(10-18)15(21)17-12-4-1-2-5-12/h3,6-7,12-13H,1-2,4-5,8-11H2,(H,17,21)/t13-/m0/s1. The molecule has 7 heteroatoms. The van der Waals surface area contributed by atoms with Gasteiger partial charge in [0.25, 0.3) is 5.91 Å². The van der Waals surface area contributed by atoms with Crippen LogP contribution in [0.25, 0.3) is 0 Å². The van der Waals surface area contributed by atoms with E-state index in [-0.39, 0.29) is 24.4 Å². The van der Waals surface area contributed by atoms with Gasteiger partial charge < -0.3 is 15.0 Å². The van der Waals surface area contributed by atoms with E-state index >= 15 is 0 Å². The van der Waals surface area contributed by atoms with Crippen LogP contribution >= 0.6 is 0 Å². The lowest BCUT2D eigenvalue weighted by atomic mass is 10.2. The molecule has 2 fully saturated rings. The first-order valence-corrected chi connectivity index (χ1v) is 7.89. The monoisotopic (exact) mass is 306 g/mol. The number of carbonyl (C=O) groups is 2. The van der Waals surface area contributed by atoms with Crippen molar-refractivity contribution in [1.29, 1.82) is 0 Å². The zero-order chi connectivity index (χ0) is 15.4. The molecule has 0 radical (unpaired) electrons. The van der Waals surface area contributed by atoms with Crippen LogP contribution in [-0.2, 0) is 20.9 Å². The minimum absolute atomic E-state index is 0.0364. The summed E-state index contributed by atoms with van der Waals surface area (Å²) in [7, 11) is 0. The largest absolute Gasteiger partial charge is 0.365 e. The van der Waals surface area contributed by atoms with E-state index in [9.17, 15) is 9.59 Å². The first-order valence-electron chi connectivity index (χ1n) is 7.89. The highest BCUT2D eigenvalue weighted by Gasteiger charge is 2.30. The molecule has 0 unspecified atom stereocenters. The van der Waals surface area contributed by atoms with E-state index in [1.807, 2.05) is 0 Å². The highest BCUT2D eigenvalue weighted by Crippen LogP contribution is 2.18. The first-order chi connectivity index (χ1) is 10.7. The molecule has 2 aliphatic rings. The highest BCUT2D eigenvalue weighted by atomic mass is 16.5. The van der Waals surface area contributed by atoms with E-state index < -0.39 is 6.10 Å². The van der Waals surface area contributed by atoms with Gasteiger partial charge in [0.05, 0.1) is 13.2 Å². The molecule has 1 atom stereocenters. The van der Waals surface area contributed by atoms with Crippen LogP contribution in [0.1, 0.15) is 25.7 Å². The zero-order valence-electron chi connectivity index (χ0n) is 12.6. The number of ether oxygens (including phenoxy) is 1. The Hall–Kier alpha value is -1.89. The number of nitrogens with zero attached hydrogens (tertiary/aromatic N) is 3. The number of aromatic nitrogens is 2. The number of nitrogens with one attached hydrogen (secondary N) is 1. The highest BCUT2D eigenvalue weighted by molar-refractivity contribution is 5.83. The van der Waals surface area contributed by atoms with E-state index in [1.54, 1.807) is 28.0 Å². The minimum Gasteiger partial charge on any atom is -0.365 e. The van der Waals surface area contributed by atoms with Gasteiger partial charge in [0, 0.05) is 25.0 Å². The molecule has 22 heavy (non-hydrogen) atoms. The fourth-order valence-electron chi connectivity index (χ4n) is 3.03. The number of rotatable bonds is 4. The van der Waals surface area contributed by atoms with Crippen LogP contribution < -0.4 is 5.32 Å². The molecule has 2 amide bonds. The van der Waals surface area contributed by atoms with E-state index in [4.69, 9.17) is 4.74 Å². The predicted molar refractivity (Wildman–Crippen MR) is 78.9 cm³/mol. The van der Waals surface area contributed by atoms with Gasteiger partial charge in [-0.3, -0.25) is 14.3 Å². The lowest BCUT2D eigenvalue weighted by Gasteiger charge is -2.32. The molecule has 120 valence electrons. The average Bonchev–Trinajstić information content (AvgIpc) is 3.21. The maximum absolute atomic E-state index is 12.3. The second-order valence-corrected chi connectivity index (χ2v) is 5.89. The summed E-state index contributed by atoms with van der Waals surface area (Å²) in [6, 6.07) is 2.05. The van der Waals surface area contributed by atoms with Crippen LogP contribution in [0.2, 0.25) is 0 Å². The topological polar surface area (TPSA) is 76.5 Å². The van der Waals surface area contributed by atoms with Crippen LogP contribution in [-0.4, -0.2) is 58.3 Å². The maximum Gasteiger partial charge on any atom is 0.251 e. The third-order valence-corrected chi connectivity index (χ3v) is 4.27. The van der Waals surface area contributed by atoms with Gasteiger partial charge in [-0.05, 0) is 18.9 Å². The molecule has 2 heterocycles. The summed E-state index contributed by atoms with van der Waals surface area (Å²) >= 11 is 0. The van der Waals surface area contributed by atoms with Crippen LogP contribution in [0, 0.1) is 0 Å². The van der Waals surface area contributed by atoms with E-state index in [0.717, 1.165) is 12.8 Å². The van der Waals surface area contributed by atoms with Gasteiger partial charge in [-0.15, -0.1) is 0 Å². The lowest BCUT2D eigenvalue weighted by Crippen LogP contribution is -2.53. The number of hydrogen-bond acceptors (Lipinski definition) is 4. The smallest absolute Gasteiger partial charge is 0.251 e. The van der Waals surface area contributed by atoms with Gasteiger partial charge in [0.2, 0.25) is 5.91 Å². The summed E-state index contributed by atoms with van der Waals surface area (Å²) in [4.78, 5) is 26.2. The third kappa shape index (κ3) is 3.65. The second kappa shape index (κ2) is 6.91. The van der Waals surface area contributed by atoms with Crippen molar-refractivity contribution in [3.63, 3.8) is 0 Å². The van der Waals surface area contributed by atoms with Gasteiger partial charge in [-0.2, -0.15) is 5.10 Å². The van der Waals surface area contributed by atoms with Gasteiger partial charge >= 0.3 is 0 Å². The Balaban J connectivity index is 1.51. The van der Waals surface area contributed by atoms with Crippen molar-refractivity contribution < 1.29 is 14.3 Å². The van der Waals surface area contributed by atoms with Gasteiger partial charge in [0.1, 0.15) is 6.54 Å². The van der Waals surface area contributed by atoms with Gasteiger partial charge in [0.15, 0.2) is 6.10 Å². The Morgan fingerprint density at radius 2 is 2.14 bits per heavy atom. The molecule has 1 aliphatic carbocycles. The number of hydrogen-bond donors (Lipinski definition) is 1. The zero-order valence-corrected chi connectivity index (χ0v) is 12.6. The normalized spacial score (nSPS) is 22.7. The van der Waals surface area contributed by atoms with Crippen molar-refractivity contribution in [1.82, 2.24) is 20.0 Å². The van der Waals surface area contributed by atoms with Crippen LogP contribution in [0.3, 0.4) is 0 Å². The molecule has 1 saturated heterocycles. The molecule has 7 nitrogen and oxygen atoms in total. The van der Waals surface area contributed by atoms with Crippen molar-refractivity contribution in [3.05, 3.63) is 18.5 Å². The van der Waals surface area contributed by atoms with Gasteiger partial charge in [-0.25, -0.2) is 0 Å². The van der Waals surface area contributed by atoms with E-state index in [1.165, 1.54) is 12.8 Å². The Bertz CT molecular complexity index is 511. The van der Waals surface area contributed by atoms with E-state index in [0.29, 0.717) is 19.7 Å². The molecule has 1 aliphatic heterocycles. The van der Waals surface area contributed by atoms with Crippen molar-refractivity contribution >= 4 is 11.8 Å². The Morgan fingerprint density at radius 1 is 1.32 bits per heavy atom. The second-order valence-electron chi connectivity index (χ2n) is 5.89. The van der Waals surface area contributed by atoms with Crippen LogP contribution in [0.15, 0.2) is 18.5 Å². The Kier molecular flexibility index (Phi) is 4.72. The third-order valence-electron chi connectivity index (χ3n) is 4.27. The fourth-order valence-corrected chi connectivity index (χ4v) is 3.03. The molecular formula is C15H22N4O3. The minimum atomic E-state index is -0.559. The number of carbonyl (C=O) groups excluding carboxylic acids is 2. The molecule has 1 aromatic rings. The fraction of sp³-hybridized carbons (Fsp3) is 0.667. The molecule has 1 N–H and O–H groups in total. The van der Waals surface area contributed by atoms with Crippen molar-refractivity contribution in [2.45, 2.75) is 44.4 Å². The molecule has 1 saturated carbocycles. The lowest BCUT2D eigenvalue weighted by molar-refractivity contribution is -0.148.